The van der Waals surface area contributed by atoms with E-state index in [1.165, 1.54) is 12.1 Å². The molecule has 0 aliphatic heterocycles. The van der Waals surface area contributed by atoms with Crippen molar-refractivity contribution < 1.29 is 18.7 Å². The van der Waals surface area contributed by atoms with E-state index in [-0.39, 0.29) is 11.5 Å². The van der Waals surface area contributed by atoms with E-state index in [0.717, 1.165) is 34.1 Å². The Morgan fingerprint density at radius 2 is 1.97 bits per heavy atom. The fourth-order valence-electron chi connectivity index (χ4n) is 3.50. The first kappa shape index (κ1) is 20.3. The molecule has 1 aliphatic carbocycles. The molecule has 3 aromatic rings. The van der Waals surface area contributed by atoms with Crippen LogP contribution in [0.5, 0.6) is 0 Å². The van der Waals surface area contributed by atoms with Crippen LogP contribution in [0.4, 0.5) is 10.1 Å². The van der Waals surface area contributed by atoms with Gasteiger partial charge in [0, 0.05) is 15.7 Å². The molecule has 30 heavy (non-hydrogen) atoms. The Morgan fingerprint density at radius 3 is 2.70 bits per heavy atom. The maximum Gasteiger partial charge on any atom is 0.359 e. The number of halogens is 2. The smallest absolute Gasteiger partial charge is 0.359 e. The molecule has 154 valence electrons. The number of carbonyl (C=O) groups excluding carboxylic acids is 2. The Hall–Kier alpha value is -3.00. The number of fused-ring (bicyclic) bond motifs is 1. The van der Waals surface area contributed by atoms with Crippen molar-refractivity contribution in [2.75, 3.05) is 11.9 Å². The number of esters is 1. The van der Waals surface area contributed by atoms with E-state index in [4.69, 9.17) is 4.74 Å². The highest BCUT2D eigenvalue weighted by molar-refractivity contribution is 9.10. The van der Waals surface area contributed by atoms with Crippen molar-refractivity contribution in [3.8, 4) is 5.69 Å². The van der Waals surface area contributed by atoms with Gasteiger partial charge in [-0.25, -0.2) is 13.9 Å². The summed E-state index contributed by atoms with van der Waals surface area (Å²) in [5.41, 5.74) is 4.28. The quantitative estimate of drug-likeness (QED) is 0.560. The number of hydrogen-bond donors (Lipinski definition) is 1. The van der Waals surface area contributed by atoms with Crippen LogP contribution in [0.3, 0.4) is 0 Å². The van der Waals surface area contributed by atoms with E-state index >= 15 is 0 Å². The zero-order valence-electron chi connectivity index (χ0n) is 16.2. The highest BCUT2D eigenvalue weighted by Gasteiger charge is 2.28. The third-order valence-corrected chi connectivity index (χ3v) is 5.58. The number of benzene rings is 2. The Labute approximate surface area is 181 Å². The fraction of sp³-hybridized carbons (Fsp3) is 0.227. The Kier molecular flexibility index (Phi) is 5.67. The van der Waals surface area contributed by atoms with E-state index in [0.29, 0.717) is 17.8 Å². The van der Waals surface area contributed by atoms with Crippen LogP contribution in [0.2, 0.25) is 0 Å². The highest BCUT2D eigenvalue weighted by atomic mass is 79.9. The second-order valence-electron chi connectivity index (χ2n) is 7.12. The van der Waals surface area contributed by atoms with Crippen LogP contribution in [-0.2, 0) is 22.4 Å². The predicted molar refractivity (Wildman–Crippen MR) is 113 cm³/mol. The monoisotopic (exact) mass is 471 g/mol. The normalized spacial score (nSPS) is 12.5. The minimum atomic E-state index is -0.646. The van der Waals surface area contributed by atoms with Gasteiger partial charge in [0.1, 0.15) is 5.82 Å². The summed E-state index contributed by atoms with van der Waals surface area (Å²) < 4.78 is 20.9. The molecule has 1 aliphatic rings. The molecule has 2 aromatic carbocycles. The molecule has 0 saturated carbocycles. The van der Waals surface area contributed by atoms with E-state index < -0.39 is 18.5 Å². The maximum absolute atomic E-state index is 13.2. The third-order valence-electron chi connectivity index (χ3n) is 4.93. The van der Waals surface area contributed by atoms with E-state index in [9.17, 15) is 14.0 Å². The number of anilines is 1. The molecule has 0 atom stereocenters. The lowest BCUT2D eigenvalue weighted by atomic mass is 10.2. The second kappa shape index (κ2) is 8.39. The first-order chi connectivity index (χ1) is 14.4. The van der Waals surface area contributed by atoms with Gasteiger partial charge in [-0.05, 0) is 84.1 Å². The largest absolute Gasteiger partial charge is 0.451 e. The molecule has 0 unspecified atom stereocenters. The van der Waals surface area contributed by atoms with Crippen LogP contribution in [0.15, 0.2) is 46.9 Å². The number of amides is 1. The van der Waals surface area contributed by atoms with Crippen molar-refractivity contribution in [3.63, 3.8) is 0 Å². The number of hydrogen-bond acceptors (Lipinski definition) is 4. The molecule has 1 amide bonds. The van der Waals surface area contributed by atoms with Crippen molar-refractivity contribution >= 4 is 33.5 Å². The number of aromatic nitrogens is 2. The van der Waals surface area contributed by atoms with Crippen molar-refractivity contribution in [3.05, 3.63) is 75.3 Å². The Bertz CT molecular complexity index is 1130. The van der Waals surface area contributed by atoms with Gasteiger partial charge in [0.15, 0.2) is 12.3 Å². The van der Waals surface area contributed by atoms with Gasteiger partial charge >= 0.3 is 5.97 Å². The molecular weight excluding hydrogens is 453 g/mol. The van der Waals surface area contributed by atoms with Crippen LogP contribution in [0.1, 0.15) is 33.7 Å². The van der Waals surface area contributed by atoms with Gasteiger partial charge in [-0.2, -0.15) is 5.10 Å². The zero-order valence-corrected chi connectivity index (χ0v) is 17.8. The van der Waals surface area contributed by atoms with Crippen LogP contribution in [0.25, 0.3) is 5.69 Å². The number of carbonyl (C=O) groups is 2. The molecule has 4 rings (SSSR count). The van der Waals surface area contributed by atoms with Gasteiger partial charge in [0.2, 0.25) is 0 Å². The van der Waals surface area contributed by atoms with Gasteiger partial charge in [-0.1, -0.05) is 6.07 Å². The summed E-state index contributed by atoms with van der Waals surface area (Å²) in [4.78, 5) is 24.8. The van der Waals surface area contributed by atoms with Crippen LogP contribution in [0, 0.1) is 12.7 Å². The number of nitrogens with one attached hydrogen (secondary N) is 1. The molecule has 1 aromatic heterocycles. The standard InChI is InChI=1S/C22H19BrFN3O3/c1-13-5-10-18(17(23)11-13)25-20(28)12-30-22(29)21-16-3-2-4-19(16)27(26-21)15-8-6-14(24)7-9-15/h5-11H,2-4,12H2,1H3,(H,25,28). The molecule has 1 N–H and O–H groups in total. The van der Waals surface area contributed by atoms with Gasteiger partial charge in [-0.3, -0.25) is 4.79 Å². The molecule has 0 bridgehead atoms. The van der Waals surface area contributed by atoms with Crippen molar-refractivity contribution in [1.82, 2.24) is 9.78 Å². The number of aryl methyl sites for hydroxylation is 1. The summed E-state index contributed by atoms with van der Waals surface area (Å²) in [5.74, 6) is -1.43. The summed E-state index contributed by atoms with van der Waals surface area (Å²) in [6.07, 6.45) is 2.38. The molecular formula is C22H19BrFN3O3. The van der Waals surface area contributed by atoms with E-state index in [1.54, 1.807) is 22.9 Å². The first-order valence-electron chi connectivity index (χ1n) is 9.52. The van der Waals surface area contributed by atoms with E-state index in [2.05, 4.69) is 26.3 Å². The molecule has 0 radical (unpaired) electrons. The van der Waals surface area contributed by atoms with Crippen LogP contribution < -0.4 is 5.32 Å². The molecule has 0 spiro atoms. The van der Waals surface area contributed by atoms with Gasteiger partial charge in [-0.15, -0.1) is 0 Å². The number of rotatable bonds is 5. The van der Waals surface area contributed by atoms with Crippen molar-refractivity contribution in [2.24, 2.45) is 0 Å². The maximum atomic E-state index is 13.2. The lowest BCUT2D eigenvalue weighted by Gasteiger charge is -2.08. The number of nitrogens with zero attached hydrogens (tertiary/aromatic N) is 2. The van der Waals surface area contributed by atoms with Crippen molar-refractivity contribution in [1.29, 1.82) is 0 Å². The summed E-state index contributed by atoms with van der Waals surface area (Å²) >= 11 is 3.40. The molecule has 0 saturated heterocycles. The lowest BCUT2D eigenvalue weighted by Crippen LogP contribution is -2.21. The van der Waals surface area contributed by atoms with Crippen molar-refractivity contribution in [2.45, 2.75) is 26.2 Å². The van der Waals surface area contributed by atoms with Crippen LogP contribution in [-0.4, -0.2) is 28.3 Å². The Balaban J connectivity index is 1.47. The molecule has 1 heterocycles. The molecule has 8 heteroatoms. The lowest BCUT2D eigenvalue weighted by molar-refractivity contribution is -0.119. The average Bonchev–Trinajstić information content (AvgIpc) is 3.32. The van der Waals surface area contributed by atoms with Gasteiger partial charge < -0.3 is 10.1 Å². The molecule has 6 nitrogen and oxygen atoms in total. The summed E-state index contributed by atoms with van der Waals surface area (Å²) in [6.45, 7) is 1.53. The minimum Gasteiger partial charge on any atom is -0.451 e. The summed E-state index contributed by atoms with van der Waals surface area (Å²) in [7, 11) is 0. The summed E-state index contributed by atoms with van der Waals surface area (Å²) in [6, 6.07) is 11.5. The topological polar surface area (TPSA) is 73.2 Å². The van der Waals surface area contributed by atoms with Gasteiger partial charge in [0.25, 0.3) is 5.91 Å². The van der Waals surface area contributed by atoms with Gasteiger partial charge in [0.05, 0.1) is 11.4 Å². The fourth-order valence-corrected chi connectivity index (χ4v) is 4.10. The molecule has 0 fully saturated rings. The highest BCUT2D eigenvalue weighted by Crippen LogP contribution is 2.28. The predicted octanol–water partition coefficient (Wildman–Crippen LogP) is 4.37. The first-order valence-corrected chi connectivity index (χ1v) is 10.3. The second-order valence-corrected chi connectivity index (χ2v) is 7.98. The Morgan fingerprint density at radius 1 is 1.20 bits per heavy atom. The SMILES string of the molecule is Cc1ccc(NC(=O)COC(=O)c2nn(-c3ccc(F)cc3)c3c2CCC3)c(Br)c1. The average molecular weight is 472 g/mol. The zero-order chi connectivity index (χ0) is 21.3. The third kappa shape index (κ3) is 4.14. The number of ether oxygens (including phenoxy) is 1. The minimum absolute atomic E-state index is 0.205. The van der Waals surface area contributed by atoms with E-state index in [1.807, 2.05) is 19.1 Å². The summed E-state index contributed by atoms with van der Waals surface area (Å²) in [5, 5.41) is 7.11. The van der Waals surface area contributed by atoms with Crippen LogP contribution >= 0.6 is 15.9 Å².